The molecule has 1 aliphatic rings. The van der Waals surface area contributed by atoms with Crippen LogP contribution >= 0.6 is 0 Å². The second-order valence-electron chi connectivity index (χ2n) is 5.67. The Morgan fingerprint density at radius 1 is 1.37 bits per heavy atom. The van der Waals surface area contributed by atoms with Crippen molar-refractivity contribution in [3.8, 4) is 0 Å². The average molecular weight is 265 g/mol. The van der Waals surface area contributed by atoms with Crippen LogP contribution < -0.4 is 5.32 Å². The molecule has 0 amide bonds. The first-order valence-corrected chi connectivity index (χ1v) is 7.60. The zero-order valence-electron chi connectivity index (χ0n) is 12.3. The van der Waals surface area contributed by atoms with Crippen molar-refractivity contribution in [3.63, 3.8) is 0 Å². The van der Waals surface area contributed by atoms with Crippen LogP contribution in [0.1, 0.15) is 51.0 Å². The van der Waals surface area contributed by atoms with Crippen LogP contribution in [-0.2, 0) is 11.2 Å². The fraction of sp³-hybridized carbons (Fsp3) is 0.750. The molecular weight excluding hydrogens is 238 g/mol. The van der Waals surface area contributed by atoms with E-state index in [1.54, 1.807) is 6.26 Å². The number of nitrogens with one attached hydrogen (secondary N) is 1. The van der Waals surface area contributed by atoms with Crippen molar-refractivity contribution in [1.29, 1.82) is 0 Å². The summed E-state index contributed by atoms with van der Waals surface area (Å²) in [6, 6.07) is 2.45. The van der Waals surface area contributed by atoms with Crippen LogP contribution in [0.2, 0.25) is 0 Å². The van der Waals surface area contributed by atoms with E-state index in [1.165, 1.54) is 37.7 Å². The molecule has 1 heterocycles. The molecule has 19 heavy (non-hydrogen) atoms. The number of hydrogen-bond donors (Lipinski definition) is 1. The molecule has 0 spiro atoms. The SMILES string of the molecule is CCCNC(Cc1ccoc1)C1(OC)CCCCC1. The standard InChI is InChI=1S/C16H27NO2/c1-3-10-17-15(12-14-7-11-19-13-14)16(18-2)8-5-4-6-9-16/h7,11,13,15,17H,3-6,8-10,12H2,1-2H3. The van der Waals surface area contributed by atoms with Gasteiger partial charge in [0, 0.05) is 13.2 Å². The Kier molecular flexibility index (Phi) is 5.46. The lowest BCUT2D eigenvalue weighted by molar-refractivity contribution is -0.0672. The summed E-state index contributed by atoms with van der Waals surface area (Å²) in [7, 11) is 1.88. The normalized spacial score (nSPS) is 20.3. The molecule has 1 atom stereocenters. The van der Waals surface area contributed by atoms with Gasteiger partial charge in [0.2, 0.25) is 0 Å². The Morgan fingerprint density at radius 2 is 2.16 bits per heavy atom. The Labute approximate surface area is 116 Å². The van der Waals surface area contributed by atoms with Crippen molar-refractivity contribution in [2.45, 2.75) is 63.5 Å². The van der Waals surface area contributed by atoms with E-state index in [0.717, 1.165) is 19.4 Å². The second kappa shape index (κ2) is 7.11. The Morgan fingerprint density at radius 3 is 2.74 bits per heavy atom. The average Bonchev–Trinajstić information content (AvgIpc) is 2.97. The highest BCUT2D eigenvalue weighted by molar-refractivity contribution is 5.11. The Balaban J connectivity index is 2.09. The number of methoxy groups -OCH3 is 1. The lowest BCUT2D eigenvalue weighted by atomic mass is 9.77. The van der Waals surface area contributed by atoms with E-state index >= 15 is 0 Å². The lowest BCUT2D eigenvalue weighted by Gasteiger charge is -2.43. The summed E-state index contributed by atoms with van der Waals surface area (Å²) in [6.07, 6.45) is 12.0. The van der Waals surface area contributed by atoms with Gasteiger partial charge in [-0.2, -0.15) is 0 Å². The third kappa shape index (κ3) is 3.61. The van der Waals surface area contributed by atoms with Crippen molar-refractivity contribution in [1.82, 2.24) is 5.32 Å². The summed E-state index contributed by atoms with van der Waals surface area (Å²) in [5.74, 6) is 0. The molecule has 3 heteroatoms. The molecule has 1 aliphatic carbocycles. The first-order valence-electron chi connectivity index (χ1n) is 7.60. The summed E-state index contributed by atoms with van der Waals surface area (Å²) < 4.78 is 11.2. The number of rotatable bonds is 7. The van der Waals surface area contributed by atoms with E-state index in [0.29, 0.717) is 6.04 Å². The summed E-state index contributed by atoms with van der Waals surface area (Å²) >= 11 is 0. The van der Waals surface area contributed by atoms with Crippen LogP contribution in [0.25, 0.3) is 0 Å². The highest BCUT2D eigenvalue weighted by Crippen LogP contribution is 2.35. The predicted octanol–water partition coefficient (Wildman–Crippen LogP) is 3.54. The second-order valence-corrected chi connectivity index (χ2v) is 5.67. The molecule has 0 aromatic carbocycles. The van der Waals surface area contributed by atoms with Gasteiger partial charge in [0.1, 0.15) is 0 Å². The minimum absolute atomic E-state index is 0.00465. The zero-order valence-corrected chi connectivity index (χ0v) is 12.3. The molecule has 0 bridgehead atoms. The summed E-state index contributed by atoms with van der Waals surface area (Å²) in [4.78, 5) is 0. The van der Waals surface area contributed by atoms with Gasteiger partial charge in [0.25, 0.3) is 0 Å². The molecule has 1 saturated carbocycles. The topological polar surface area (TPSA) is 34.4 Å². The largest absolute Gasteiger partial charge is 0.472 e. The molecule has 1 aromatic heterocycles. The molecule has 1 aromatic rings. The van der Waals surface area contributed by atoms with Gasteiger partial charge < -0.3 is 14.5 Å². The molecular formula is C16H27NO2. The van der Waals surface area contributed by atoms with E-state index in [1.807, 2.05) is 13.4 Å². The van der Waals surface area contributed by atoms with Crippen molar-refractivity contribution in [2.24, 2.45) is 0 Å². The van der Waals surface area contributed by atoms with Gasteiger partial charge in [-0.25, -0.2) is 0 Å². The summed E-state index contributed by atoms with van der Waals surface area (Å²) in [5.41, 5.74) is 1.26. The number of hydrogen-bond acceptors (Lipinski definition) is 3. The molecule has 0 radical (unpaired) electrons. The van der Waals surface area contributed by atoms with Gasteiger partial charge >= 0.3 is 0 Å². The quantitative estimate of drug-likeness (QED) is 0.819. The first-order chi connectivity index (χ1) is 9.30. The van der Waals surface area contributed by atoms with Gasteiger partial charge in [-0.05, 0) is 43.9 Å². The minimum atomic E-state index is 0.00465. The van der Waals surface area contributed by atoms with Gasteiger partial charge in [0.05, 0.1) is 18.1 Å². The predicted molar refractivity (Wildman–Crippen MR) is 77.3 cm³/mol. The van der Waals surface area contributed by atoms with Gasteiger partial charge in [-0.3, -0.25) is 0 Å². The highest BCUT2D eigenvalue weighted by Gasteiger charge is 2.39. The Bertz CT molecular complexity index is 342. The Hall–Kier alpha value is -0.800. The molecule has 1 unspecified atom stereocenters. The maximum Gasteiger partial charge on any atom is 0.0935 e. The third-order valence-corrected chi connectivity index (χ3v) is 4.40. The van der Waals surface area contributed by atoms with Crippen LogP contribution in [0.4, 0.5) is 0 Å². The van der Waals surface area contributed by atoms with Crippen LogP contribution in [0.5, 0.6) is 0 Å². The first kappa shape index (κ1) is 14.6. The molecule has 3 nitrogen and oxygen atoms in total. The summed E-state index contributed by atoms with van der Waals surface area (Å²) in [6.45, 7) is 3.26. The van der Waals surface area contributed by atoms with Crippen LogP contribution in [0.15, 0.2) is 23.0 Å². The molecule has 1 fully saturated rings. The van der Waals surface area contributed by atoms with E-state index in [4.69, 9.17) is 9.15 Å². The minimum Gasteiger partial charge on any atom is -0.472 e. The van der Waals surface area contributed by atoms with Gasteiger partial charge in [-0.15, -0.1) is 0 Å². The fourth-order valence-corrected chi connectivity index (χ4v) is 3.25. The molecule has 108 valence electrons. The monoisotopic (exact) mass is 265 g/mol. The summed E-state index contributed by atoms with van der Waals surface area (Å²) in [5, 5.41) is 3.70. The van der Waals surface area contributed by atoms with Crippen molar-refractivity contribution >= 4 is 0 Å². The molecule has 1 N–H and O–H groups in total. The van der Waals surface area contributed by atoms with E-state index in [9.17, 15) is 0 Å². The van der Waals surface area contributed by atoms with Gasteiger partial charge in [0.15, 0.2) is 0 Å². The van der Waals surface area contributed by atoms with Crippen molar-refractivity contribution in [3.05, 3.63) is 24.2 Å². The fourth-order valence-electron chi connectivity index (χ4n) is 3.25. The number of furan rings is 1. The maximum absolute atomic E-state index is 5.99. The smallest absolute Gasteiger partial charge is 0.0935 e. The zero-order chi connectivity index (χ0) is 13.6. The van der Waals surface area contributed by atoms with Crippen LogP contribution in [0, 0.1) is 0 Å². The van der Waals surface area contributed by atoms with Crippen LogP contribution in [-0.4, -0.2) is 25.3 Å². The molecule has 0 saturated heterocycles. The third-order valence-electron chi connectivity index (χ3n) is 4.40. The number of ether oxygens (including phenoxy) is 1. The van der Waals surface area contributed by atoms with Crippen LogP contribution in [0.3, 0.4) is 0 Å². The lowest BCUT2D eigenvalue weighted by Crippen LogP contribution is -2.54. The molecule has 0 aliphatic heterocycles. The highest BCUT2D eigenvalue weighted by atomic mass is 16.5. The molecule has 2 rings (SSSR count). The van der Waals surface area contributed by atoms with Crippen molar-refractivity contribution < 1.29 is 9.15 Å². The van der Waals surface area contributed by atoms with E-state index in [2.05, 4.69) is 18.3 Å². The maximum atomic E-state index is 5.99. The van der Waals surface area contributed by atoms with E-state index in [-0.39, 0.29) is 5.60 Å². The van der Waals surface area contributed by atoms with E-state index < -0.39 is 0 Å². The van der Waals surface area contributed by atoms with Crippen molar-refractivity contribution in [2.75, 3.05) is 13.7 Å². The van der Waals surface area contributed by atoms with Gasteiger partial charge in [-0.1, -0.05) is 26.2 Å².